The quantitative estimate of drug-likeness (QED) is 0.325. The first kappa shape index (κ1) is 26.6. The van der Waals surface area contributed by atoms with Crippen molar-refractivity contribution in [2.45, 2.75) is 25.7 Å². The summed E-state index contributed by atoms with van der Waals surface area (Å²) in [6, 6.07) is 11.0. The first-order chi connectivity index (χ1) is 13.9. The van der Waals surface area contributed by atoms with Crippen molar-refractivity contribution in [1.29, 1.82) is 0 Å². The number of hydrogen-bond donors (Lipinski definition) is 3. The van der Waals surface area contributed by atoms with E-state index < -0.39 is 39.8 Å². The molecule has 0 heterocycles. The molecule has 1 amide bonds. The van der Waals surface area contributed by atoms with Crippen LogP contribution in [-0.4, -0.2) is 67.5 Å². The molecule has 31 heavy (non-hydrogen) atoms. The van der Waals surface area contributed by atoms with Gasteiger partial charge in [-0.1, -0.05) is 12.1 Å². The van der Waals surface area contributed by atoms with Crippen LogP contribution in [0.2, 0.25) is 0 Å². The summed E-state index contributed by atoms with van der Waals surface area (Å²) in [4.78, 5) is 34.6. The number of ether oxygens (including phenoxy) is 1. The third-order valence-electron chi connectivity index (χ3n) is 3.77. The van der Waals surface area contributed by atoms with Crippen molar-refractivity contribution in [2.75, 3.05) is 11.3 Å². The van der Waals surface area contributed by atoms with Gasteiger partial charge in [0.15, 0.2) is 0 Å². The number of carbonyl (C=O) groups is 3. The van der Waals surface area contributed by atoms with E-state index in [2.05, 4.69) is 10.0 Å². The number of hydrogen-bond acceptors (Lipinski definition) is 6. The molecule has 0 aliphatic carbocycles. The van der Waals surface area contributed by atoms with E-state index in [1.807, 2.05) is 0 Å². The van der Waals surface area contributed by atoms with Crippen LogP contribution >= 0.6 is 0 Å². The Labute approximate surface area is 202 Å². The molecule has 0 aromatic heterocycles. The van der Waals surface area contributed by atoms with E-state index in [1.165, 1.54) is 48.5 Å². The number of carboxylic acid groups (broad SMARTS) is 1. The number of rotatable bonds is 7. The molecule has 0 atom stereocenters. The first-order valence-electron chi connectivity index (χ1n) is 8.84. The van der Waals surface area contributed by atoms with Gasteiger partial charge in [-0.3, -0.25) is 19.1 Å². The van der Waals surface area contributed by atoms with E-state index in [0.717, 1.165) is 0 Å². The van der Waals surface area contributed by atoms with Crippen LogP contribution in [0.1, 0.15) is 31.1 Å². The zero-order chi connectivity index (χ0) is 22.5. The first-order valence-corrected chi connectivity index (χ1v) is 10.3. The number of carboxylic acids is 1. The van der Waals surface area contributed by atoms with Gasteiger partial charge in [-0.15, -0.1) is 0 Å². The summed E-state index contributed by atoms with van der Waals surface area (Å²) in [5.41, 5.74) is -0.751. The summed E-state index contributed by atoms with van der Waals surface area (Å²) in [7, 11) is -4.06. The Morgan fingerprint density at radius 3 is 2.13 bits per heavy atom. The number of esters is 1. The van der Waals surface area contributed by atoms with Crippen molar-refractivity contribution in [3.05, 3.63) is 54.1 Å². The average molecular weight is 458 g/mol. The minimum atomic E-state index is -4.06. The summed E-state index contributed by atoms with van der Waals surface area (Å²) in [6.45, 7) is 4.49. The van der Waals surface area contributed by atoms with Crippen LogP contribution in [0.4, 0.5) is 5.69 Å². The maximum atomic E-state index is 12.7. The van der Waals surface area contributed by atoms with Gasteiger partial charge in [-0.05, 0) is 57.2 Å². The van der Waals surface area contributed by atoms with Gasteiger partial charge in [0.1, 0.15) is 12.3 Å². The molecule has 0 saturated heterocycles. The standard InChI is InChI=1S/C20H22N2O7S.Na.H/c1-20(2,3)19(26)29-13-8-10-14(11-9-13)30(27,28)22-16-7-5-4-6-15(16)18(25)21-12-17(23)24;;/h4-11,22H,12H2,1-3H3,(H,21,25)(H,23,24);;. The second-order valence-corrected chi connectivity index (χ2v) is 9.02. The topological polar surface area (TPSA) is 139 Å². The molecule has 0 bridgehead atoms. The van der Waals surface area contributed by atoms with E-state index in [4.69, 9.17) is 9.84 Å². The Morgan fingerprint density at radius 2 is 1.58 bits per heavy atom. The van der Waals surface area contributed by atoms with Crippen LogP contribution in [0.15, 0.2) is 53.4 Å². The molecular formula is C20H23N2NaO7S. The number of nitrogens with one attached hydrogen (secondary N) is 2. The molecule has 2 aromatic carbocycles. The van der Waals surface area contributed by atoms with Gasteiger partial charge in [-0.2, -0.15) is 0 Å². The minimum absolute atomic E-state index is 0. The summed E-state index contributed by atoms with van der Waals surface area (Å²) >= 11 is 0. The number of para-hydroxylation sites is 1. The van der Waals surface area contributed by atoms with Gasteiger partial charge in [0.25, 0.3) is 15.9 Å². The molecule has 2 aromatic rings. The molecule has 0 spiro atoms. The second-order valence-electron chi connectivity index (χ2n) is 7.34. The van der Waals surface area contributed by atoms with E-state index >= 15 is 0 Å². The van der Waals surface area contributed by atoms with E-state index in [9.17, 15) is 22.8 Å². The molecule has 162 valence electrons. The molecule has 0 radical (unpaired) electrons. The molecule has 11 heteroatoms. The van der Waals surface area contributed by atoms with Crippen molar-refractivity contribution in [1.82, 2.24) is 5.32 Å². The fourth-order valence-electron chi connectivity index (χ4n) is 2.17. The predicted octanol–water partition coefficient (Wildman–Crippen LogP) is 1.60. The summed E-state index contributed by atoms with van der Waals surface area (Å²) in [6.07, 6.45) is 0. The molecular weight excluding hydrogens is 435 g/mol. The molecule has 0 saturated carbocycles. The van der Waals surface area contributed by atoms with Crippen molar-refractivity contribution < 1.29 is 32.6 Å². The van der Waals surface area contributed by atoms with Gasteiger partial charge in [-0.25, -0.2) is 8.42 Å². The zero-order valence-electron chi connectivity index (χ0n) is 16.6. The van der Waals surface area contributed by atoms with Crippen molar-refractivity contribution >= 4 is 63.1 Å². The molecule has 3 N–H and O–H groups in total. The van der Waals surface area contributed by atoms with Gasteiger partial charge >= 0.3 is 41.5 Å². The average Bonchev–Trinajstić information content (AvgIpc) is 2.66. The number of amides is 1. The van der Waals surface area contributed by atoms with Crippen LogP contribution in [0, 0.1) is 5.41 Å². The van der Waals surface area contributed by atoms with Gasteiger partial charge in [0.2, 0.25) is 0 Å². The normalized spacial score (nSPS) is 11.1. The Hall–Kier alpha value is -2.40. The Morgan fingerprint density at radius 1 is 1.00 bits per heavy atom. The number of carbonyl (C=O) groups excluding carboxylic acids is 2. The van der Waals surface area contributed by atoms with E-state index in [0.29, 0.717) is 0 Å². The molecule has 9 nitrogen and oxygen atoms in total. The van der Waals surface area contributed by atoms with Crippen molar-refractivity contribution in [3.8, 4) is 5.75 Å². The Bertz CT molecular complexity index is 1060. The van der Waals surface area contributed by atoms with Crippen LogP contribution in [0.3, 0.4) is 0 Å². The molecule has 0 fully saturated rings. The third kappa shape index (κ3) is 7.66. The van der Waals surface area contributed by atoms with E-state index in [-0.39, 0.29) is 51.5 Å². The number of sulfonamides is 1. The molecule has 2 rings (SSSR count). The SMILES string of the molecule is CC(C)(C)C(=O)Oc1ccc(S(=O)(=O)Nc2ccccc2C(=O)NCC(=O)O)cc1.[NaH]. The van der Waals surface area contributed by atoms with Crippen LogP contribution in [-0.2, 0) is 19.6 Å². The second kappa shape index (κ2) is 10.8. The van der Waals surface area contributed by atoms with E-state index in [1.54, 1.807) is 20.8 Å². The molecule has 0 aliphatic rings. The predicted molar refractivity (Wildman–Crippen MR) is 116 cm³/mol. The molecule has 0 aliphatic heterocycles. The van der Waals surface area contributed by atoms with Crippen LogP contribution in [0.5, 0.6) is 5.75 Å². The number of anilines is 1. The fraction of sp³-hybridized carbons (Fsp3) is 0.250. The van der Waals surface area contributed by atoms with Crippen molar-refractivity contribution in [2.24, 2.45) is 5.41 Å². The van der Waals surface area contributed by atoms with Gasteiger partial charge in [0, 0.05) is 0 Å². The number of aliphatic carboxylic acids is 1. The van der Waals surface area contributed by atoms with Gasteiger partial charge < -0.3 is 15.2 Å². The number of benzene rings is 2. The third-order valence-corrected chi connectivity index (χ3v) is 5.15. The van der Waals surface area contributed by atoms with Crippen LogP contribution < -0.4 is 14.8 Å². The van der Waals surface area contributed by atoms with Crippen molar-refractivity contribution in [3.63, 3.8) is 0 Å². The summed E-state index contributed by atoms with van der Waals surface area (Å²) < 4.78 is 32.9. The maximum absolute atomic E-state index is 12.7. The summed E-state index contributed by atoms with van der Waals surface area (Å²) in [5, 5.41) is 10.9. The fourth-order valence-corrected chi connectivity index (χ4v) is 3.25. The molecule has 0 unspecified atom stereocenters. The van der Waals surface area contributed by atoms with Gasteiger partial charge in [0.05, 0.1) is 21.6 Å². The monoisotopic (exact) mass is 458 g/mol. The summed E-state index contributed by atoms with van der Waals surface area (Å²) in [5.74, 6) is -2.23. The Balaban J connectivity index is 0.00000480. The van der Waals surface area contributed by atoms with Crippen LogP contribution in [0.25, 0.3) is 0 Å². The zero-order valence-corrected chi connectivity index (χ0v) is 17.4. The Kier molecular flexibility index (Phi) is 9.25.